The number of methoxy groups -OCH3 is 1. The highest BCUT2D eigenvalue weighted by molar-refractivity contribution is 7.15. The van der Waals surface area contributed by atoms with Crippen molar-refractivity contribution in [3.8, 4) is 0 Å². The van der Waals surface area contributed by atoms with Crippen LogP contribution in [0, 0.1) is 34.0 Å². The molecule has 0 aliphatic heterocycles. The van der Waals surface area contributed by atoms with Gasteiger partial charge < -0.3 is 31.1 Å². The van der Waals surface area contributed by atoms with Crippen molar-refractivity contribution in [2.24, 2.45) is 34.3 Å². The predicted octanol–water partition coefficient (Wildman–Crippen LogP) is 0.779. The van der Waals surface area contributed by atoms with Gasteiger partial charge in [0, 0.05) is 29.2 Å². The number of carbonyl (C=O) groups is 1. The highest BCUT2D eigenvalue weighted by Crippen LogP contribution is 2.70. The fourth-order valence-electron chi connectivity index (χ4n) is 8.07. The molecule has 5 rings (SSSR count). The molecule has 0 unspecified atom stereocenters. The van der Waals surface area contributed by atoms with Crippen molar-refractivity contribution in [3.63, 3.8) is 0 Å². The summed E-state index contributed by atoms with van der Waals surface area (Å²) in [6.45, 7) is 8.23. The third kappa shape index (κ3) is 2.58. The molecule has 2 bridgehead atoms. The molecule has 10 heteroatoms. The minimum absolute atomic E-state index is 0.171. The molecule has 1 spiro atoms. The normalized spacial score (nSPS) is 43.0. The molecule has 3 fully saturated rings. The maximum atomic E-state index is 13.7. The summed E-state index contributed by atoms with van der Waals surface area (Å²) < 4.78 is 5.78. The van der Waals surface area contributed by atoms with Gasteiger partial charge in [0.2, 0.25) is 0 Å². The highest BCUT2D eigenvalue weighted by atomic mass is 32.1. The van der Waals surface area contributed by atoms with Crippen molar-refractivity contribution >= 4 is 28.2 Å². The molecular weight excluding hydrogens is 444 g/mol. The van der Waals surface area contributed by atoms with Gasteiger partial charge in [0.15, 0.2) is 16.9 Å². The lowest BCUT2D eigenvalue weighted by Gasteiger charge is -2.66. The van der Waals surface area contributed by atoms with Crippen LogP contribution in [0.3, 0.4) is 0 Å². The van der Waals surface area contributed by atoms with E-state index in [1.54, 1.807) is 7.11 Å². The van der Waals surface area contributed by atoms with E-state index in [0.717, 1.165) is 4.88 Å². The first-order valence-electron chi connectivity index (χ1n) is 11.3. The van der Waals surface area contributed by atoms with Gasteiger partial charge in [0.1, 0.15) is 0 Å². The molecule has 7 N–H and O–H groups in total. The molecule has 0 radical (unpaired) electrons. The lowest BCUT2D eigenvalue weighted by Crippen LogP contribution is -2.75. The number of hydrogen-bond acceptors (Lipinski definition) is 8. The summed E-state index contributed by atoms with van der Waals surface area (Å²) in [4.78, 5) is 19.5. The van der Waals surface area contributed by atoms with Crippen molar-refractivity contribution in [1.82, 2.24) is 4.98 Å². The van der Waals surface area contributed by atoms with Gasteiger partial charge >= 0.3 is 0 Å². The molecule has 0 aromatic carbocycles. The molecule has 180 valence electrons. The first-order valence-corrected chi connectivity index (χ1v) is 12.1. The van der Waals surface area contributed by atoms with Crippen molar-refractivity contribution in [3.05, 3.63) is 22.7 Å². The molecule has 3 saturated carbocycles. The number of aliphatic hydroxyl groups is 3. The van der Waals surface area contributed by atoms with Crippen molar-refractivity contribution in [2.75, 3.05) is 19.0 Å². The molecule has 4 aliphatic rings. The standard InChI is InChI=1S/C23H32N4O5S/c1-9-10-5-6-12-22(8-32-4)14(13(28)18(31)23(12,16(9)29)17(10)30)21(2,3)7-11-15(22)26-20(33-11)27-19(24)25/h10,12-14,17-18,28,30-31H,1,5-8H2,2-4H3,(H4,24,25,26,27)/t10-,12-,13-,14+,17+,18-,22-,23-/m0/s1. The Labute approximate surface area is 196 Å². The first kappa shape index (κ1) is 22.9. The molecule has 1 heterocycles. The second kappa shape index (κ2) is 7.08. The van der Waals surface area contributed by atoms with Crippen LogP contribution in [0.2, 0.25) is 0 Å². The minimum Gasteiger partial charge on any atom is -0.391 e. The Morgan fingerprint density at radius 1 is 1.33 bits per heavy atom. The minimum atomic E-state index is -1.56. The number of hydrogen-bond donors (Lipinski definition) is 6. The molecule has 0 saturated heterocycles. The lowest BCUT2D eigenvalue weighted by atomic mass is 9.39. The summed E-state index contributed by atoms with van der Waals surface area (Å²) in [6.07, 6.45) is -2.08. The zero-order valence-electron chi connectivity index (χ0n) is 19.1. The van der Waals surface area contributed by atoms with Crippen LogP contribution in [0.4, 0.5) is 5.13 Å². The Morgan fingerprint density at radius 3 is 2.67 bits per heavy atom. The van der Waals surface area contributed by atoms with Crippen LogP contribution in [0.25, 0.3) is 0 Å². The van der Waals surface area contributed by atoms with E-state index < -0.39 is 52.3 Å². The van der Waals surface area contributed by atoms with Crippen LogP contribution >= 0.6 is 11.3 Å². The monoisotopic (exact) mass is 476 g/mol. The Hall–Kier alpha value is -1.85. The summed E-state index contributed by atoms with van der Waals surface area (Å²) in [5.74, 6) is -1.98. The quantitative estimate of drug-likeness (QED) is 0.212. The SMILES string of the molecule is C=C1C(=O)[C@]23[C@H](O)[C@H]1CC[C@H]2[C@]1(COC)c2nc(NC(=N)N)sc2CC(C)(C)[C@H]1[C@H](O)[C@@H]3O. The first-order chi connectivity index (χ1) is 15.4. The second-order valence-corrected chi connectivity index (χ2v) is 11.9. The van der Waals surface area contributed by atoms with Crippen molar-refractivity contribution in [2.45, 2.75) is 56.8 Å². The van der Waals surface area contributed by atoms with E-state index in [0.29, 0.717) is 35.7 Å². The molecule has 33 heavy (non-hydrogen) atoms. The van der Waals surface area contributed by atoms with Gasteiger partial charge in [0.25, 0.3) is 0 Å². The van der Waals surface area contributed by atoms with Crippen LogP contribution in [-0.2, 0) is 21.4 Å². The number of rotatable bonds is 3. The number of aromatic nitrogens is 1. The molecule has 8 atom stereocenters. The molecular formula is C23H32N4O5S. The maximum Gasteiger partial charge on any atom is 0.192 e. The van der Waals surface area contributed by atoms with Crippen LogP contribution in [-0.4, -0.2) is 64.1 Å². The van der Waals surface area contributed by atoms with Gasteiger partial charge in [-0.25, -0.2) is 4.98 Å². The van der Waals surface area contributed by atoms with Crippen LogP contribution < -0.4 is 11.1 Å². The third-order valence-corrected chi connectivity index (χ3v) is 9.87. The summed E-state index contributed by atoms with van der Waals surface area (Å²) in [6, 6.07) is 0. The van der Waals surface area contributed by atoms with E-state index in [4.69, 9.17) is 20.9 Å². The van der Waals surface area contributed by atoms with Gasteiger partial charge in [-0.2, -0.15) is 0 Å². The van der Waals surface area contributed by atoms with E-state index >= 15 is 0 Å². The number of carbonyl (C=O) groups excluding carboxylic acids is 1. The van der Waals surface area contributed by atoms with Crippen molar-refractivity contribution in [1.29, 1.82) is 5.41 Å². The number of anilines is 1. The maximum absolute atomic E-state index is 13.7. The van der Waals surface area contributed by atoms with Gasteiger partial charge in [-0.05, 0) is 36.2 Å². The molecule has 9 nitrogen and oxygen atoms in total. The lowest BCUT2D eigenvalue weighted by molar-refractivity contribution is -0.250. The fraction of sp³-hybridized carbons (Fsp3) is 0.696. The average Bonchev–Trinajstić information content (AvgIpc) is 3.14. The summed E-state index contributed by atoms with van der Waals surface area (Å²) in [5.41, 5.74) is 3.64. The fourth-order valence-corrected chi connectivity index (χ4v) is 9.38. The number of guanidine groups is 1. The topological polar surface area (TPSA) is 162 Å². The molecule has 1 aromatic heterocycles. The van der Waals surface area contributed by atoms with Crippen LogP contribution in [0.1, 0.15) is 37.3 Å². The van der Waals surface area contributed by atoms with Gasteiger partial charge in [-0.15, -0.1) is 11.3 Å². The summed E-state index contributed by atoms with van der Waals surface area (Å²) in [7, 11) is 1.58. The van der Waals surface area contributed by atoms with Crippen LogP contribution in [0.15, 0.2) is 12.2 Å². The van der Waals surface area contributed by atoms with Crippen LogP contribution in [0.5, 0.6) is 0 Å². The average molecular weight is 477 g/mol. The third-order valence-electron chi connectivity index (χ3n) is 8.90. The molecule has 1 aromatic rings. The van der Waals surface area contributed by atoms with E-state index in [2.05, 4.69) is 11.9 Å². The summed E-state index contributed by atoms with van der Waals surface area (Å²) in [5, 5.41) is 45.5. The predicted molar refractivity (Wildman–Crippen MR) is 123 cm³/mol. The number of Topliss-reactive ketones (excluding diaryl/α,β-unsaturated/α-hetero) is 1. The number of ketones is 1. The van der Waals surface area contributed by atoms with E-state index in [1.807, 2.05) is 13.8 Å². The smallest absolute Gasteiger partial charge is 0.192 e. The zero-order chi connectivity index (χ0) is 24.1. The zero-order valence-corrected chi connectivity index (χ0v) is 19.9. The number of thiazole rings is 1. The summed E-state index contributed by atoms with van der Waals surface area (Å²) >= 11 is 1.40. The Kier molecular flexibility index (Phi) is 4.92. The van der Waals surface area contributed by atoms with E-state index in [1.165, 1.54) is 11.3 Å². The number of nitrogens with one attached hydrogen (secondary N) is 2. The number of ether oxygens (including phenoxy) is 1. The molecule has 0 amide bonds. The number of fused-ring (bicyclic) bond motifs is 5. The largest absolute Gasteiger partial charge is 0.391 e. The Balaban J connectivity index is 1.82. The number of nitrogens with two attached hydrogens (primary N) is 1. The van der Waals surface area contributed by atoms with Gasteiger partial charge in [-0.3, -0.25) is 10.2 Å². The van der Waals surface area contributed by atoms with E-state index in [-0.39, 0.29) is 18.3 Å². The Bertz CT molecular complexity index is 1060. The van der Waals surface area contributed by atoms with Crippen molar-refractivity contribution < 1.29 is 24.9 Å². The van der Waals surface area contributed by atoms with Gasteiger partial charge in [0.05, 0.1) is 36.0 Å². The second-order valence-electron chi connectivity index (χ2n) is 10.8. The molecule has 4 aliphatic carbocycles. The highest BCUT2D eigenvalue weighted by Gasteiger charge is 2.78. The Morgan fingerprint density at radius 2 is 2.03 bits per heavy atom. The van der Waals surface area contributed by atoms with Gasteiger partial charge in [-0.1, -0.05) is 20.4 Å². The number of aliphatic hydroxyl groups excluding tert-OH is 3. The number of nitrogens with zero attached hydrogens (tertiary/aromatic N) is 1. The van der Waals surface area contributed by atoms with E-state index in [9.17, 15) is 20.1 Å².